The van der Waals surface area contributed by atoms with Gasteiger partial charge in [0, 0.05) is 19.5 Å². The number of carboxylic acid groups (broad SMARTS) is 1. The summed E-state index contributed by atoms with van der Waals surface area (Å²) < 4.78 is 5.58. The Morgan fingerprint density at radius 1 is 1.17 bits per heavy atom. The number of hydrogen-bond donors (Lipinski definition) is 1. The summed E-state index contributed by atoms with van der Waals surface area (Å²) in [5, 5.41) is 9.34. The Morgan fingerprint density at radius 3 is 2.57 bits per heavy atom. The first kappa shape index (κ1) is 15.8. The molecule has 1 aliphatic carbocycles. The molecule has 1 aromatic carbocycles. The van der Waals surface area contributed by atoms with E-state index in [4.69, 9.17) is 4.74 Å². The van der Waals surface area contributed by atoms with Crippen LogP contribution in [0.5, 0.6) is 5.75 Å². The van der Waals surface area contributed by atoms with Crippen molar-refractivity contribution in [1.82, 2.24) is 4.90 Å². The lowest BCUT2D eigenvalue weighted by Crippen LogP contribution is -2.30. The number of benzene rings is 1. The van der Waals surface area contributed by atoms with Gasteiger partial charge in [0.1, 0.15) is 5.75 Å². The number of carboxylic acids is 1. The number of likely N-dealkylation sites (tertiary alicyclic amines) is 1. The zero-order chi connectivity index (χ0) is 16.2. The van der Waals surface area contributed by atoms with Gasteiger partial charge in [0.15, 0.2) is 0 Å². The molecule has 0 aromatic heterocycles. The molecule has 0 unspecified atom stereocenters. The molecule has 5 nitrogen and oxygen atoms in total. The van der Waals surface area contributed by atoms with Crippen molar-refractivity contribution in [1.29, 1.82) is 0 Å². The van der Waals surface area contributed by atoms with Crippen LogP contribution < -0.4 is 4.74 Å². The van der Waals surface area contributed by atoms with E-state index in [1.807, 2.05) is 30.3 Å². The standard InChI is InChI=1S/C18H23NO4/c20-17(7-4-10-23-14-5-2-1-3-6-14)19-11-15(13-8-9-13)16(12-19)18(21)22/h1-3,5-6,13,15-16H,4,7-12H2,(H,21,22)/t15-,16+/m0/s1. The number of carbonyl (C=O) groups excluding carboxylic acids is 1. The second-order valence-corrected chi connectivity index (χ2v) is 6.51. The van der Waals surface area contributed by atoms with E-state index >= 15 is 0 Å². The average Bonchev–Trinajstić information content (AvgIpc) is 3.30. The fourth-order valence-corrected chi connectivity index (χ4v) is 3.38. The molecule has 1 aliphatic heterocycles. The quantitative estimate of drug-likeness (QED) is 0.784. The molecule has 0 bridgehead atoms. The summed E-state index contributed by atoms with van der Waals surface area (Å²) in [6, 6.07) is 9.53. The Kier molecular flexibility index (Phi) is 4.84. The van der Waals surface area contributed by atoms with Gasteiger partial charge in [-0.2, -0.15) is 0 Å². The van der Waals surface area contributed by atoms with Gasteiger partial charge in [-0.25, -0.2) is 0 Å². The minimum atomic E-state index is -0.760. The zero-order valence-electron chi connectivity index (χ0n) is 13.2. The summed E-state index contributed by atoms with van der Waals surface area (Å²) in [5.74, 6) is 0.376. The molecule has 2 atom stereocenters. The number of aliphatic carboxylic acids is 1. The number of amides is 1. The molecule has 124 valence electrons. The third-order valence-corrected chi connectivity index (χ3v) is 4.81. The van der Waals surface area contributed by atoms with Gasteiger partial charge in [-0.3, -0.25) is 9.59 Å². The van der Waals surface area contributed by atoms with Gasteiger partial charge in [-0.15, -0.1) is 0 Å². The molecular formula is C18H23NO4. The predicted molar refractivity (Wildman–Crippen MR) is 85.1 cm³/mol. The molecule has 0 radical (unpaired) electrons. The van der Waals surface area contributed by atoms with E-state index in [9.17, 15) is 14.7 Å². The normalized spacial score (nSPS) is 23.7. The fraction of sp³-hybridized carbons (Fsp3) is 0.556. The minimum Gasteiger partial charge on any atom is -0.494 e. The Hall–Kier alpha value is -2.04. The first-order chi connectivity index (χ1) is 11.1. The van der Waals surface area contributed by atoms with Gasteiger partial charge in [-0.05, 0) is 43.2 Å². The van der Waals surface area contributed by atoms with Gasteiger partial charge in [0.2, 0.25) is 5.91 Å². The number of nitrogens with zero attached hydrogens (tertiary/aromatic N) is 1. The highest BCUT2D eigenvalue weighted by molar-refractivity contribution is 5.79. The van der Waals surface area contributed by atoms with Crippen molar-refractivity contribution >= 4 is 11.9 Å². The molecule has 2 fully saturated rings. The largest absolute Gasteiger partial charge is 0.494 e. The van der Waals surface area contributed by atoms with Crippen molar-refractivity contribution in [2.75, 3.05) is 19.7 Å². The number of rotatable bonds is 7. The first-order valence-corrected chi connectivity index (χ1v) is 8.33. The molecule has 3 rings (SSSR count). The lowest BCUT2D eigenvalue weighted by molar-refractivity contribution is -0.142. The van der Waals surface area contributed by atoms with E-state index in [1.54, 1.807) is 4.90 Å². The highest BCUT2D eigenvalue weighted by Gasteiger charge is 2.46. The maximum absolute atomic E-state index is 12.3. The molecule has 1 N–H and O–H groups in total. The summed E-state index contributed by atoms with van der Waals surface area (Å²) in [4.78, 5) is 25.4. The first-order valence-electron chi connectivity index (χ1n) is 8.33. The van der Waals surface area contributed by atoms with Crippen LogP contribution in [0.3, 0.4) is 0 Å². The average molecular weight is 317 g/mol. The molecular weight excluding hydrogens is 294 g/mol. The van der Waals surface area contributed by atoms with Gasteiger partial charge in [0.25, 0.3) is 0 Å². The number of hydrogen-bond acceptors (Lipinski definition) is 3. The van der Waals surface area contributed by atoms with Crippen LogP contribution in [-0.2, 0) is 9.59 Å². The van der Waals surface area contributed by atoms with Gasteiger partial charge in [0.05, 0.1) is 12.5 Å². The van der Waals surface area contributed by atoms with Crippen molar-refractivity contribution in [2.45, 2.75) is 25.7 Å². The van der Waals surface area contributed by atoms with Crippen molar-refractivity contribution in [2.24, 2.45) is 17.8 Å². The highest BCUT2D eigenvalue weighted by Crippen LogP contribution is 2.44. The molecule has 23 heavy (non-hydrogen) atoms. The van der Waals surface area contributed by atoms with E-state index in [2.05, 4.69) is 0 Å². The van der Waals surface area contributed by atoms with Crippen molar-refractivity contribution in [3.8, 4) is 5.75 Å². The molecule has 1 saturated carbocycles. The van der Waals surface area contributed by atoms with E-state index in [0.717, 1.165) is 18.6 Å². The SMILES string of the molecule is O=C(O)[C@@H]1CN(C(=O)CCCOc2ccccc2)C[C@H]1C1CC1. The number of para-hydroxylation sites is 1. The Labute approximate surface area is 136 Å². The molecule has 1 heterocycles. The van der Waals surface area contributed by atoms with Crippen LogP contribution in [0.1, 0.15) is 25.7 Å². The lowest BCUT2D eigenvalue weighted by Gasteiger charge is -2.16. The lowest BCUT2D eigenvalue weighted by atomic mass is 9.92. The second-order valence-electron chi connectivity index (χ2n) is 6.51. The summed E-state index contributed by atoms with van der Waals surface area (Å²) in [6.45, 7) is 1.48. The Morgan fingerprint density at radius 2 is 1.91 bits per heavy atom. The van der Waals surface area contributed by atoms with Crippen molar-refractivity contribution in [3.63, 3.8) is 0 Å². The molecule has 5 heteroatoms. The molecule has 0 spiro atoms. The number of ether oxygens (including phenoxy) is 1. The maximum atomic E-state index is 12.3. The van der Waals surface area contributed by atoms with Gasteiger partial charge < -0.3 is 14.7 Å². The van der Waals surface area contributed by atoms with Crippen LogP contribution >= 0.6 is 0 Å². The summed E-state index contributed by atoms with van der Waals surface area (Å²) in [6.07, 6.45) is 3.29. The summed E-state index contributed by atoms with van der Waals surface area (Å²) in [5.41, 5.74) is 0. The highest BCUT2D eigenvalue weighted by atomic mass is 16.5. The zero-order valence-corrected chi connectivity index (χ0v) is 13.2. The van der Waals surface area contributed by atoms with E-state index < -0.39 is 5.97 Å². The van der Waals surface area contributed by atoms with Crippen LogP contribution in [0.4, 0.5) is 0 Å². The van der Waals surface area contributed by atoms with Crippen molar-refractivity contribution < 1.29 is 19.4 Å². The summed E-state index contributed by atoms with van der Waals surface area (Å²) >= 11 is 0. The topological polar surface area (TPSA) is 66.8 Å². The van der Waals surface area contributed by atoms with E-state index in [-0.39, 0.29) is 17.7 Å². The van der Waals surface area contributed by atoms with Crippen LogP contribution in [0.25, 0.3) is 0 Å². The fourth-order valence-electron chi connectivity index (χ4n) is 3.38. The second kappa shape index (κ2) is 7.02. The smallest absolute Gasteiger partial charge is 0.308 e. The third kappa shape index (κ3) is 4.03. The summed E-state index contributed by atoms with van der Waals surface area (Å²) in [7, 11) is 0. The van der Waals surface area contributed by atoms with Gasteiger partial charge in [-0.1, -0.05) is 18.2 Å². The minimum absolute atomic E-state index is 0.0519. The van der Waals surface area contributed by atoms with Crippen LogP contribution in [0, 0.1) is 17.8 Å². The monoisotopic (exact) mass is 317 g/mol. The Bertz CT molecular complexity index is 555. The van der Waals surface area contributed by atoms with E-state index in [0.29, 0.717) is 38.5 Å². The van der Waals surface area contributed by atoms with Crippen molar-refractivity contribution in [3.05, 3.63) is 30.3 Å². The molecule has 2 aliphatic rings. The predicted octanol–water partition coefficient (Wildman–Crippen LogP) is 2.41. The van der Waals surface area contributed by atoms with Crippen LogP contribution in [0.2, 0.25) is 0 Å². The molecule has 1 aromatic rings. The van der Waals surface area contributed by atoms with Gasteiger partial charge >= 0.3 is 5.97 Å². The third-order valence-electron chi connectivity index (χ3n) is 4.81. The maximum Gasteiger partial charge on any atom is 0.308 e. The number of carbonyl (C=O) groups is 2. The van der Waals surface area contributed by atoms with Crippen LogP contribution in [0.15, 0.2) is 30.3 Å². The van der Waals surface area contributed by atoms with Crippen LogP contribution in [-0.4, -0.2) is 41.6 Å². The molecule has 1 amide bonds. The molecule has 1 saturated heterocycles. The van der Waals surface area contributed by atoms with E-state index in [1.165, 1.54) is 0 Å². The Balaban J connectivity index is 1.42.